The average Bonchev–Trinajstić information content (AvgIpc) is 3.10. The van der Waals surface area contributed by atoms with E-state index < -0.39 is 0 Å². The Morgan fingerprint density at radius 2 is 1.85 bits per heavy atom. The summed E-state index contributed by atoms with van der Waals surface area (Å²) in [6, 6.07) is 20.4. The Morgan fingerprint density at radius 1 is 1.06 bits per heavy atom. The van der Waals surface area contributed by atoms with Gasteiger partial charge in [0.25, 0.3) is 5.91 Å². The normalized spacial score (nSPS) is 14.1. The fourth-order valence-electron chi connectivity index (χ4n) is 3.48. The van der Waals surface area contributed by atoms with Crippen molar-refractivity contribution in [1.82, 2.24) is 0 Å². The SMILES string of the molecule is C=CCN1C(=O)/C(=N/N=C/c2ccc(OCc3ccccc3Cl)c(OC)c2)c2ccccc21. The van der Waals surface area contributed by atoms with Gasteiger partial charge in [0, 0.05) is 22.7 Å². The number of amides is 1. The highest BCUT2D eigenvalue weighted by Crippen LogP contribution is 2.30. The van der Waals surface area contributed by atoms with Crippen LogP contribution in [0.5, 0.6) is 11.5 Å². The lowest BCUT2D eigenvalue weighted by Crippen LogP contribution is -2.30. The van der Waals surface area contributed by atoms with Gasteiger partial charge in [0.1, 0.15) is 6.61 Å². The summed E-state index contributed by atoms with van der Waals surface area (Å²) in [4.78, 5) is 14.4. The third kappa shape index (κ3) is 4.81. The number of hydrogen-bond donors (Lipinski definition) is 0. The monoisotopic (exact) mass is 459 g/mol. The fourth-order valence-corrected chi connectivity index (χ4v) is 3.67. The van der Waals surface area contributed by atoms with Crippen LogP contribution in [0.15, 0.2) is 89.6 Å². The second-order valence-corrected chi connectivity index (χ2v) is 7.61. The molecule has 7 heteroatoms. The molecule has 0 saturated heterocycles. The van der Waals surface area contributed by atoms with Crippen LogP contribution in [0.1, 0.15) is 16.7 Å². The topological polar surface area (TPSA) is 63.5 Å². The van der Waals surface area contributed by atoms with E-state index in [-0.39, 0.29) is 5.91 Å². The number of rotatable bonds is 8. The molecular formula is C26H22ClN3O3. The predicted molar refractivity (Wildman–Crippen MR) is 132 cm³/mol. The Hall–Kier alpha value is -3.90. The van der Waals surface area contributed by atoms with Crippen molar-refractivity contribution in [3.05, 3.63) is 101 Å². The molecule has 0 saturated carbocycles. The van der Waals surface area contributed by atoms with Crippen molar-refractivity contribution in [2.24, 2.45) is 10.2 Å². The van der Waals surface area contributed by atoms with E-state index in [4.69, 9.17) is 21.1 Å². The quantitative estimate of drug-likeness (QED) is 0.261. The molecule has 166 valence electrons. The maximum absolute atomic E-state index is 12.8. The van der Waals surface area contributed by atoms with Crippen LogP contribution in [0.2, 0.25) is 5.02 Å². The van der Waals surface area contributed by atoms with Gasteiger partial charge in [0.15, 0.2) is 17.2 Å². The number of carbonyl (C=O) groups is 1. The molecular weight excluding hydrogens is 438 g/mol. The van der Waals surface area contributed by atoms with Crippen molar-refractivity contribution in [3.63, 3.8) is 0 Å². The van der Waals surface area contributed by atoms with Crippen LogP contribution in [0.3, 0.4) is 0 Å². The lowest BCUT2D eigenvalue weighted by atomic mass is 10.1. The highest BCUT2D eigenvalue weighted by atomic mass is 35.5. The third-order valence-electron chi connectivity index (χ3n) is 5.10. The van der Waals surface area contributed by atoms with Crippen molar-refractivity contribution in [1.29, 1.82) is 0 Å². The minimum atomic E-state index is -0.200. The summed E-state index contributed by atoms with van der Waals surface area (Å²) in [5.41, 5.74) is 3.49. The van der Waals surface area contributed by atoms with E-state index in [0.717, 1.165) is 22.4 Å². The highest BCUT2D eigenvalue weighted by Gasteiger charge is 2.32. The summed E-state index contributed by atoms with van der Waals surface area (Å²) < 4.78 is 11.3. The molecule has 0 aliphatic carbocycles. The van der Waals surface area contributed by atoms with Crippen LogP contribution in [0, 0.1) is 0 Å². The second-order valence-electron chi connectivity index (χ2n) is 7.21. The van der Waals surface area contributed by atoms with Crippen molar-refractivity contribution >= 4 is 35.1 Å². The van der Waals surface area contributed by atoms with Gasteiger partial charge >= 0.3 is 0 Å². The molecule has 3 aromatic rings. The summed E-state index contributed by atoms with van der Waals surface area (Å²) in [6.07, 6.45) is 3.25. The largest absolute Gasteiger partial charge is 0.493 e. The zero-order valence-corrected chi connectivity index (χ0v) is 18.8. The van der Waals surface area contributed by atoms with Gasteiger partial charge in [0.05, 0.1) is 19.0 Å². The molecule has 1 aliphatic heterocycles. The maximum atomic E-state index is 12.8. The summed E-state index contributed by atoms with van der Waals surface area (Å²) in [5.74, 6) is 0.938. The molecule has 1 amide bonds. The van der Waals surface area contributed by atoms with Gasteiger partial charge in [-0.3, -0.25) is 4.79 Å². The molecule has 0 radical (unpaired) electrons. The molecule has 0 atom stereocenters. The Balaban J connectivity index is 1.52. The number of benzene rings is 3. The Kier molecular flexibility index (Phi) is 6.86. The van der Waals surface area contributed by atoms with Gasteiger partial charge < -0.3 is 14.4 Å². The van der Waals surface area contributed by atoms with Crippen LogP contribution >= 0.6 is 11.6 Å². The number of carbonyl (C=O) groups excluding carboxylic acids is 1. The van der Waals surface area contributed by atoms with Crippen LogP contribution in [-0.4, -0.2) is 31.5 Å². The molecule has 0 aromatic heterocycles. The molecule has 0 fully saturated rings. The molecule has 0 N–H and O–H groups in total. The van der Waals surface area contributed by atoms with Gasteiger partial charge in [-0.1, -0.05) is 54.1 Å². The van der Waals surface area contributed by atoms with E-state index in [9.17, 15) is 4.79 Å². The first-order chi connectivity index (χ1) is 16.1. The van der Waals surface area contributed by atoms with E-state index in [0.29, 0.717) is 35.4 Å². The summed E-state index contributed by atoms with van der Waals surface area (Å²) in [5, 5.41) is 9.01. The first-order valence-corrected chi connectivity index (χ1v) is 10.7. The van der Waals surface area contributed by atoms with E-state index in [1.807, 2.05) is 54.6 Å². The molecule has 6 nitrogen and oxygen atoms in total. The minimum absolute atomic E-state index is 0.200. The number of halogens is 1. The summed E-state index contributed by atoms with van der Waals surface area (Å²) in [6.45, 7) is 4.45. The molecule has 0 bridgehead atoms. The smallest absolute Gasteiger partial charge is 0.279 e. The summed E-state index contributed by atoms with van der Waals surface area (Å²) >= 11 is 6.20. The lowest BCUT2D eigenvalue weighted by molar-refractivity contribution is -0.112. The number of ether oxygens (including phenoxy) is 2. The van der Waals surface area contributed by atoms with Crippen molar-refractivity contribution in [2.75, 3.05) is 18.6 Å². The Labute approximate surface area is 197 Å². The number of fused-ring (bicyclic) bond motifs is 1. The number of nitrogens with zero attached hydrogens (tertiary/aromatic N) is 3. The summed E-state index contributed by atoms with van der Waals surface area (Å²) in [7, 11) is 1.57. The Morgan fingerprint density at radius 3 is 2.64 bits per heavy atom. The van der Waals surface area contributed by atoms with Gasteiger partial charge in [-0.05, 0) is 35.9 Å². The number of anilines is 1. The fraction of sp³-hybridized carbons (Fsp3) is 0.115. The van der Waals surface area contributed by atoms with Crippen molar-refractivity contribution < 1.29 is 14.3 Å². The minimum Gasteiger partial charge on any atom is -0.493 e. The van der Waals surface area contributed by atoms with E-state index in [1.54, 1.807) is 36.4 Å². The number of methoxy groups -OCH3 is 1. The van der Waals surface area contributed by atoms with Crippen LogP contribution in [0.4, 0.5) is 5.69 Å². The molecule has 0 unspecified atom stereocenters. The van der Waals surface area contributed by atoms with Crippen molar-refractivity contribution in [3.8, 4) is 11.5 Å². The highest BCUT2D eigenvalue weighted by molar-refractivity contribution is 6.54. The van der Waals surface area contributed by atoms with Crippen LogP contribution in [0.25, 0.3) is 0 Å². The first-order valence-electron chi connectivity index (χ1n) is 10.3. The molecule has 3 aromatic carbocycles. The van der Waals surface area contributed by atoms with E-state index in [1.165, 1.54) is 0 Å². The van der Waals surface area contributed by atoms with Crippen molar-refractivity contribution in [2.45, 2.75) is 6.61 Å². The maximum Gasteiger partial charge on any atom is 0.279 e. The second kappa shape index (κ2) is 10.1. The molecule has 1 heterocycles. The van der Waals surface area contributed by atoms with Crippen LogP contribution < -0.4 is 14.4 Å². The Bertz CT molecular complexity index is 1250. The predicted octanol–water partition coefficient (Wildman–Crippen LogP) is 5.28. The van der Waals surface area contributed by atoms with Gasteiger partial charge in [-0.2, -0.15) is 5.10 Å². The molecule has 33 heavy (non-hydrogen) atoms. The first kappa shape index (κ1) is 22.3. The number of para-hydroxylation sites is 1. The molecule has 0 spiro atoms. The third-order valence-corrected chi connectivity index (χ3v) is 5.47. The number of hydrogen-bond acceptors (Lipinski definition) is 5. The van der Waals surface area contributed by atoms with Crippen LogP contribution in [-0.2, 0) is 11.4 Å². The zero-order chi connectivity index (χ0) is 23.2. The van der Waals surface area contributed by atoms with E-state index in [2.05, 4.69) is 16.8 Å². The standard InChI is InChI=1S/C26H22ClN3O3/c1-3-14-30-22-11-7-5-9-20(22)25(26(30)31)29-28-16-18-12-13-23(24(15-18)32-2)33-17-19-8-4-6-10-21(19)27/h3-13,15-16H,1,14,17H2,2H3/b28-16+,29-25+. The van der Waals surface area contributed by atoms with Gasteiger partial charge in [0.2, 0.25) is 0 Å². The molecule has 4 rings (SSSR count). The average molecular weight is 460 g/mol. The van der Waals surface area contributed by atoms with E-state index >= 15 is 0 Å². The zero-order valence-electron chi connectivity index (χ0n) is 18.1. The molecule has 1 aliphatic rings. The lowest BCUT2D eigenvalue weighted by Gasteiger charge is -2.13. The van der Waals surface area contributed by atoms with Gasteiger partial charge in [-0.25, -0.2) is 0 Å². The van der Waals surface area contributed by atoms with Gasteiger partial charge in [-0.15, -0.1) is 11.7 Å².